The van der Waals surface area contributed by atoms with Gasteiger partial charge in [0.05, 0.1) is 6.54 Å². The summed E-state index contributed by atoms with van der Waals surface area (Å²) in [5, 5.41) is 21.2. The van der Waals surface area contributed by atoms with Gasteiger partial charge in [0.15, 0.2) is 0 Å². The Labute approximate surface area is 95.7 Å². The molecule has 0 radical (unpaired) electrons. The lowest BCUT2D eigenvalue weighted by Gasteiger charge is -2.00. The van der Waals surface area contributed by atoms with Crippen LogP contribution in [0, 0.1) is 0 Å². The Morgan fingerprint density at radius 3 is 2.81 bits per heavy atom. The van der Waals surface area contributed by atoms with Crippen molar-refractivity contribution < 1.29 is 10.2 Å². The molecule has 4 nitrogen and oxygen atoms in total. The Hall–Kier alpha value is -1.39. The van der Waals surface area contributed by atoms with Crippen LogP contribution in [0.1, 0.15) is 12.0 Å². The Balaban J connectivity index is 2.20. The highest BCUT2D eigenvalue weighted by molar-refractivity contribution is 5.83. The SMILES string of the molecule is OCCCNCCN=Cc1ccccc1O. The highest BCUT2D eigenvalue weighted by atomic mass is 16.3. The minimum Gasteiger partial charge on any atom is -0.507 e. The number of phenolic OH excluding ortho intramolecular Hbond substituents is 1. The molecule has 16 heavy (non-hydrogen) atoms. The van der Waals surface area contributed by atoms with E-state index in [1.807, 2.05) is 12.1 Å². The highest BCUT2D eigenvalue weighted by Crippen LogP contribution is 2.12. The summed E-state index contributed by atoms with van der Waals surface area (Å²) in [6.07, 6.45) is 2.44. The Kier molecular flexibility index (Phi) is 6.22. The second kappa shape index (κ2) is 7.84. The monoisotopic (exact) mass is 222 g/mol. The van der Waals surface area contributed by atoms with Crippen molar-refractivity contribution in [3.8, 4) is 5.75 Å². The molecule has 88 valence electrons. The summed E-state index contributed by atoms with van der Waals surface area (Å²) in [6, 6.07) is 7.10. The number of aliphatic hydroxyl groups is 1. The van der Waals surface area contributed by atoms with Gasteiger partial charge in [-0.15, -0.1) is 0 Å². The molecule has 0 aliphatic rings. The minimum absolute atomic E-state index is 0.216. The van der Waals surface area contributed by atoms with Gasteiger partial charge in [0.2, 0.25) is 0 Å². The zero-order chi connectivity index (χ0) is 11.6. The van der Waals surface area contributed by atoms with Crippen molar-refractivity contribution in [1.29, 1.82) is 0 Å². The van der Waals surface area contributed by atoms with Crippen molar-refractivity contribution in [2.45, 2.75) is 6.42 Å². The number of hydrogen-bond acceptors (Lipinski definition) is 4. The van der Waals surface area contributed by atoms with Crippen molar-refractivity contribution in [2.75, 3.05) is 26.2 Å². The van der Waals surface area contributed by atoms with Crippen LogP contribution in [0.4, 0.5) is 0 Å². The van der Waals surface area contributed by atoms with E-state index in [1.54, 1.807) is 18.3 Å². The molecule has 0 saturated heterocycles. The maximum atomic E-state index is 9.45. The predicted octanol–water partition coefficient (Wildman–Crippen LogP) is 0.783. The lowest BCUT2D eigenvalue weighted by molar-refractivity contribution is 0.286. The largest absolute Gasteiger partial charge is 0.507 e. The third-order valence-electron chi connectivity index (χ3n) is 2.10. The third-order valence-corrected chi connectivity index (χ3v) is 2.10. The van der Waals surface area contributed by atoms with Crippen LogP contribution in [0.25, 0.3) is 0 Å². The summed E-state index contributed by atoms with van der Waals surface area (Å²) in [4.78, 5) is 4.19. The van der Waals surface area contributed by atoms with Gasteiger partial charge in [-0.2, -0.15) is 0 Å². The normalized spacial score (nSPS) is 11.1. The highest BCUT2D eigenvalue weighted by Gasteiger charge is 1.93. The molecule has 1 rings (SSSR count). The molecule has 3 N–H and O–H groups in total. The molecular weight excluding hydrogens is 204 g/mol. The lowest BCUT2D eigenvalue weighted by Crippen LogP contribution is -2.19. The van der Waals surface area contributed by atoms with Gasteiger partial charge in [0, 0.05) is 24.9 Å². The smallest absolute Gasteiger partial charge is 0.124 e. The summed E-state index contributed by atoms with van der Waals surface area (Å²) in [6.45, 7) is 2.47. The van der Waals surface area contributed by atoms with E-state index in [4.69, 9.17) is 5.11 Å². The fourth-order valence-corrected chi connectivity index (χ4v) is 1.23. The molecule has 0 atom stereocenters. The maximum absolute atomic E-state index is 9.45. The van der Waals surface area contributed by atoms with E-state index < -0.39 is 0 Å². The van der Waals surface area contributed by atoms with E-state index in [-0.39, 0.29) is 12.4 Å². The van der Waals surface area contributed by atoms with Gasteiger partial charge in [-0.25, -0.2) is 0 Å². The van der Waals surface area contributed by atoms with E-state index in [2.05, 4.69) is 10.3 Å². The quantitative estimate of drug-likeness (QED) is 0.472. The van der Waals surface area contributed by atoms with Crippen LogP contribution >= 0.6 is 0 Å². The van der Waals surface area contributed by atoms with Crippen molar-refractivity contribution in [2.24, 2.45) is 4.99 Å². The first-order chi connectivity index (χ1) is 7.84. The molecule has 0 aromatic heterocycles. The van der Waals surface area contributed by atoms with Crippen LogP contribution in [0.5, 0.6) is 5.75 Å². The summed E-state index contributed by atoms with van der Waals surface area (Å²) in [5.74, 6) is 0.250. The van der Waals surface area contributed by atoms with E-state index >= 15 is 0 Å². The molecule has 1 aromatic rings. The summed E-state index contributed by atoms with van der Waals surface area (Å²) >= 11 is 0. The number of nitrogens with zero attached hydrogens (tertiary/aromatic N) is 1. The van der Waals surface area contributed by atoms with E-state index in [0.29, 0.717) is 6.54 Å². The molecule has 0 saturated carbocycles. The van der Waals surface area contributed by atoms with Gasteiger partial charge in [-0.1, -0.05) is 12.1 Å². The van der Waals surface area contributed by atoms with Crippen LogP contribution in [-0.2, 0) is 0 Å². The topological polar surface area (TPSA) is 64.8 Å². The number of nitrogens with one attached hydrogen (secondary N) is 1. The molecular formula is C12H18N2O2. The first-order valence-electron chi connectivity index (χ1n) is 5.44. The second-order valence-corrected chi connectivity index (χ2v) is 3.42. The Morgan fingerprint density at radius 2 is 2.06 bits per heavy atom. The fourth-order valence-electron chi connectivity index (χ4n) is 1.23. The lowest BCUT2D eigenvalue weighted by atomic mass is 10.2. The molecule has 0 amide bonds. The number of aliphatic imine (C=N–C) groups is 1. The van der Waals surface area contributed by atoms with Crippen molar-refractivity contribution in [3.63, 3.8) is 0 Å². The van der Waals surface area contributed by atoms with Crippen LogP contribution < -0.4 is 5.32 Å². The zero-order valence-electron chi connectivity index (χ0n) is 9.26. The average Bonchev–Trinajstić information content (AvgIpc) is 2.30. The van der Waals surface area contributed by atoms with Gasteiger partial charge in [-0.3, -0.25) is 4.99 Å². The predicted molar refractivity (Wildman–Crippen MR) is 65.1 cm³/mol. The van der Waals surface area contributed by atoms with E-state index in [9.17, 15) is 5.11 Å². The number of aliphatic hydroxyl groups excluding tert-OH is 1. The van der Waals surface area contributed by atoms with Crippen molar-refractivity contribution in [3.05, 3.63) is 29.8 Å². The van der Waals surface area contributed by atoms with Crippen LogP contribution in [0.2, 0.25) is 0 Å². The number of para-hydroxylation sites is 1. The number of rotatable bonds is 7. The molecule has 0 fully saturated rings. The molecule has 0 spiro atoms. The average molecular weight is 222 g/mol. The number of aromatic hydroxyl groups is 1. The van der Waals surface area contributed by atoms with Crippen LogP contribution in [0.3, 0.4) is 0 Å². The minimum atomic E-state index is 0.216. The summed E-state index contributed by atoms with van der Waals surface area (Å²) in [7, 11) is 0. The standard InChI is InChI=1S/C12H18N2O2/c15-9-3-6-13-7-8-14-10-11-4-1-2-5-12(11)16/h1-2,4-5,10,13,15-16H,3,6-9H2. The maximum Gasteiger partial charge on any atom is 0.124 e. The van der Waals surface area contributed by atoms with E-state index in [1.165, 1.54) is 0 Å². The first kappa shape index (κ1) is 12.7. The number of phenols is 1. The van der Waals surface area contributed by atoms with Crippen LogP contribution in [0.15, 0.2) is 29.3 Å². The van der Waals surface area contributed by atoms with Crippen LogP contribution in [-0.4, -0.2) is 42.7 Å². The number of benzene rings is 1. The van der Waals surface area contributed by atoms with E-state index in [0.717, 1.165) is 25.1 Å². The number of hydrogen-bond donors (Lipinski definition) is 3. The zero-order valence-corrected chi connectivity index (χ0v) is 9.26. The molecule has 0 aliphatic carbocycles. The van der Waals surface area contributed by atoms with Gasteiger partial charge in [-0.05, 0) is 25.1 Å². The second-order valence-electron chi connectivity index (χ2n) is 3.42. The third kappa shape index (κ3) is 4.91. The molecule has 0 unspecified atom stereocenters. The first-order valence-corrected chi connectivity index (χ1v) is 5.44. The van der Waals surface area contributed by atoms with Gasteiger partial charge in [0.25, 0.3) is 0 Å². The fraction of sp³-hybridized carbons (Fsp3) is 0.417. The molecule has 0 aliphatic heterocycles. The Morgan fingerprint density at radius 1 is 1.25 bits per heavy atom. The molecule has 1 aromatic carbocycles. The van der Waals surface area contributed by atoms with Gasteiger partial charge < -0.3 is 15.5 Å². The molecule has 4 heteroatoms. The van der Waals surface area contributed by atoms with Gasteiger partial charge in [0.1, 0.15) is 5.75 Å². The van der Waals surface area contributed by atoms with Gasteiger partial charge >= 0.3 is 0 Å². The molecule has 0 bridgehead atoms. The molecule has 0 heterocycles. The Bertz CT molecular complexity index is 327. The summed E-state index contributed by atoms with van der Waals surface area (Å²) in [5.41, 5.74) is 0.734. The van der Waals surface area contributed by atoms with Crippen molar-refractivity contribution >= 4 is 6.21 Å². The van der Waals surface area contributed by atoms with Crippen molar-refractivity contribution in [1.82, 2.24) is 5.32 Å². The summed E-state index contributed by atoms with van der Waals surface area (Å²) < 4.78 is 0.